The van der Waals surface area contributed by atoms with Gasteiger partial charge in [0.1, 0.15) is 5.75 Å². The highest BCUT2D eigenvalue weighted by Gasteiger charge is 2.21. The molecule has 3 N–H and O–H groups in total. The molecule has 0 saturated carbocycles. The highest BCUT2D eigenvalue weighted by molar-refractivity contribution is 7.92. The highest BCUT2D eigenvalue weighted by Crippen LogP contribution is 2.31. The number of aromatic nitrogens is 2. The van der Waals surface area contributed by atoms with Crippen LogP contribution in [-0.2, 0) is 14.8 Å². The van der Waals surface area contributed by atoms with E-state index in [4.69, 9.17) is 4.74 Å². The molecule has 0 radical (unpaired) electrons. The minimum absolute atomic E-state index is 0.0172. The van der Waals surface area contributed by atoms with Gasteiger partial charge in [-0.3, -0.25) is 14.6 Å². The van der Waals surface area contributed by atoms with E-state index in [2.05, 4.69) is 20.2 Å². The molecule has 9 heteroatoms. The van der Waals surface area contributed by atoms with Gasteiger partial charge in [-0.15, -0.1) is 0 Å². The van der Waals surface area contributed by atoms with Crippen molar-refractivity contribution in [3.63, 3.8) is 0 Å². The fourth-order valence-electron chi connectivity index (χ4n) is 2.49. The van der Waals surface area contributed by atoms with Crippen LogP contribution in [0.4, 0.5) is 11.4 Å². The van der Waals surface area contributed by atoms with Crippen molar-refractivity contribution in [3.8, 4) is 5.75 Å². The summed E-state index contributed by atoms with van der Waals surface area (Å²) < 4.78 is 33.0. The summed E-state index contributed by atoms with van der Waals surface area (Å²) in [5, 5.41) is 10.1. The van der Waals surface area contributed by atoms with Crippen molar-refractivity contribution < 1.29 is 17.9 Å². The number of nitrogens with zero attached hydrogens (tertiary/aromatic N) is 1. The van der Waals surface area contributed by atoms with Crippen LogP contribution in [0.3, 0.4) is 0 Å². The van der Waals surface area contributed by atoms with Gasteiger partial charge in [0.2, 0.25) is 0 Å². The van der Waals surface area contributed by atoms with Crippen LogP contribution in [0.1, 0.15) is 0 Å². The Bertz CT molecular complexity index is 1060. The third-order valence-electron chi connectivity index (χ3n) is 3.62. The zero-order valence-electron chi connectivity index (χ0n) is 12.2. The average Bonchev–Trinajstić information content (AvgIpc) is 3.03. The van der Waals surface area contributed by atoms with Gasteiger partial charge in [-0.25, -0.2) is 8.42 Å². The minimum Gasteiger partial charge on any atom is -0.482 e. The molecule has 0 aliphatic carbocycles. The number of hydrogen-bond donors (Lipinski definition) is 3. The first kappa shape index (κ1) is 14.5. The van der Waals surface area contributed by atoms with Crippen molar-refractivity contribution in [2.24, 2.45) is 0 Å². The summed E-state index contributed by atoms with van der Waals surface area (Å²) in [4.78, 5) is 11.4. The number of benzene rings is 2. The van der Waals surface area contributed by atoms with Gasteiger partial charge in [0, 0.05) is 5.39 Å². The van der Waals surface area contributed by atoms with Crippen molar-refractivity contribution in [1.82, 2.24) is 10.2 Å². The number of hydrogen-bond acceptors (Lipinski definition) is 5. The number of H-pyrrole nitrogens is 1. The summed E-state index contributed by atoms with van der Waals surface area (Å²) >= 11 is 0. The molecule has 1 aromatic heterocycles. The Morgan fingerprint density at radius 1 is 1.21 bits per heavy atom. The van der Waals surface area contributed by atoms with Gasteiger partial charge in [0.05, 0.1) is 28.0 Å². The molecule has 3 aromatic rings. The number of carbonyl (C=O) groups is 1. The lowest BCUT2D eigenvalue weighted by Crippen LogP contribution is -2.25. The number of nitrogens with one attached hydrogen (secondary N) is 3. The molecular formula is C15H12N4O4S. The third kappa shape index (κ3) is 2.44. The number of fused-ring (bicyclic) bond motifs is 2. The minimum atomic E-state index is -3.84. The number of para-hydroxylation sites is 1. The summed E-state index contributed by atoms with van der Waals surface area (Å²) in [7, 11) is -3.84. The monoisotopic (exact) mass is 344 g/mol. The molecule has 1 amide bonds. The van der Waals surface area contributed by atoms with E-state index < -0.39 is 10.0 Å². The van der Waals surface area contributed by atoms with Crippen molar-refractivity contribution in [2.75, 3.05) is 16.6 Å². The van der Waals surface area contributed by atoms with Gasteiger partial charge < -0.3 is 10.1 Å². The van der Waals surface area contributed by atoms with Crippen LogP contribution in [0.2, 0.25) is 0 Å². The standard InChI is InChI=1S/C15H12N4O4S/c20-14-8-23-13-5-4-10(6-12(13)17-14)24(21,22)19-11-3-1-2-9-7-16-18-15(9)11/h1-7,19H,8H2,(H,16,18)(H,17,20). The zero-order chi connectivity index (χ0) is 16.7. The predicted octanol–water partition coefficient (Wildman–Crippen LogP) is 1.69. The average molecular weight is 344 g/mol. The van der Waals surface area contributed by atoms with E-state index in [1.165, 1.54) is 18.2 Å². The lowest BCUT2D eigenvalue weighted by Gasteiger charge is -2.18. The van der Waals surface area contributed by atoms with Crippen LogP contribution in [-0.4, -0.2) is 31.1 Å². The van der Waals surface area contributed by atoms with Crippen LogP contribution in [0.15, 0.2) is 47.5 Å². The molecule has 122 valence electrons. The fourth-order valence-corrected chi connectivity index (χ4v) is 3.58. The molecule has 4 rings (SSSR count). The van der Waals surface area contributed by atoms with Crippen LogP contribution in [0.5, 0.6) is 5.75 Å². The molecule has 0 spiro atoms. The predicted molar refractivity (Wildman–Crippen MR) is 87.5 cm³/mol. The van der Waals surface area contributed by atoms with Crippen molar-refractivity contribution in [2.45, 2.75) is 4.90 Å². The van der Waals surface area contributed by atoms with Crippen LogP contribution < -0.4 is 14.8 Å². The zero-order valence-corrected chi connectivity index (χ0v) is 13.1. The number of amides is 1. The first-order valence-electron chi connectivity index (χ1n) is 7.04. The van der Waals surface area contributed by atoms with Gasteiger partial charge in [-0.1, -0.05) is 12.1 Å². The maximum atomic E-state index is 12.6. The van der Waals surface area contributed by atoms with Crippen LogP contribution in [0.25, 0.3) is 10.9 Å². The van der Waals surface area contributed by atoms with Gasteiger partial charge in [0.25, 0.3) is 15.9 Å². The SMILES string of the molecule is O=C1COc2ccc(S(=O)(=O)Nc3cccc4cn[nH]c34)cc2N1. The summed E-state index contributed by atoms with van der Waals surface area (Å²) in [5.41, 5.74) is 1.31. The van der Waals surface area contributed by atoms with E-state index in [9.17, 15) is 13.2 Å². The Kier molecular flexibility index (Phi) is 3.17. The van der Waals surface area contributed by atoms with Crippen molar-refractivity contribution in [1.29, 1.82) is 0 Å². The number of aromatic amines is 1. The number of carbonyl (C=O) groups excluding carboxylic acids is 1. The molecule has 1 aliphatic heterocycles. The van der Waals surface area contributed by atoms with E-state index in [0.29, 0.717) is 22.6 Å². The third-order valence-corrected chi connectivity index (χ3v) is 4.98. The van der Waals surface area contributed by atoms with Gasteiger partial charge in [0.15, 0.2) is 6.61 Å². The number of ether oxygens (including phenoxy) is 1. The molecular weight excluding hydrogens is 332 g/mol. The van der Waals surface area contributed by atoms with Gasteiger partial charge in [-0.2, -0.15) is 5.10 Å². The van der Waals surface area contributed by atoms with E-state index >= 15 is 0 Å². The Morgan fingerprint density at radius 3 is 2.96 bits per heavy atom. The highest BCUT2D eigenvalue weighted by atomic mass is 32.2. The second-order valence-corrected chi connectivity index (χ2v) is 6.92. The summed E-state index contributed by atoms with van der Waals surface area (Å²) in [6.07, 6.45) is 1.61. The van der Waals surface area contributed by atoms with Gasteiger partial charge in [-0.05, 0) is 24.3 Å². The molecule has 0 saturated heterocycles. The molecule has 0 atom stereocenters. The summed E-state index contributed by atoms with van der Waals surface area (Å²) in [6, 6.07) is 9.49. The molecule has 2 aromatic carbocycles. The number of sulfonamides is 1. The number of rotatable bonds is 3. The Labute approximate surface area is 136 Å². The Morgan fingerprint density at radius 2 is 2.08 bits per heavy atom. The Balaban J connectivity index is 1.72. The van der Waals surface area contributed by atoms with Gasteiger partial charge >= 0.3 is 0 Å². The van der Waals surface area contributed by atoms with Crippen molar-refractivity contribution >= 4 is 38.2 Å². The lowest BCUT2D eigenvalue weighted by atomic mass is 10.2. The Hall–Kier alpha value is -3.07. The van der Waals surface area contributed by atoms with Crippen molar-refractivity contribution in [3.05, 3.63) is 42.6 Å². The molecule has 2 heterocycles. The molecule has 0 fully saturated rings. The van der Waals surface area contributed by atoms with E-state index in [0.717, 1.165) is 5.39 Å². The van der Waals surface area contributed by atoms with Crippen LogP contribution >= 0.6 is 0 Å². The maximum Gasteiger partial charge on any atom is 0.262 e. The second kappa shape index (κ2) is 5.24. The fraction of sp³-hybridized carbons (Fsp3) is 0.0667. The van der Waals surface area contributed by atoms with E-state index in [1.54, 1.807) is 18.3 Å². The number of anilines is 2. The first-order chi connectivity index (χ1) is 11.5. The maximum absolute atomic E-state index is 12.6. The summed E-state index contributed by atoms with van der Waals surface area (Å²) in [5.74, 6) is 0.108. The second-order valence-electron chi connectivity index (χ2n) is 5.24. The smallest absolute Gasteiger partial charge is 0.262 e. The molecule has 24 heavy (non-hydrogen) atoms. The molecule has 0 unspecified atom stereocenters. The van der Waals surface area contributed by atoms with E-state index in [-0.39, 0.29) is 17.4 Å². The van der Waals surface area contributed by atoms with E-state index in [1.807, 2.05) is 6.07 Å². The first-order valence-corrected chi connectivity index (χ1v) is 8.53. The topological polar surface area (TPSA) is 113 Å². The normalized spacial score (nSPS) is 13.9. The lowest BCUT2D eigenvalue weighted by molar-refractivity contribution is -0.118. The molecule has 8 nitrogen and oxygen atoms in total. The molecule has 0 bridgehead atoms. The largest absolute Gasteiger partial charge is 0.482 e. The molecule has 1 aliphatic rings. The summed E-state index contributed by atoms with van der Waals surface area (Å²) in [6.45, 7) is -0.0842. The van der Waals surface area contributed by atoms with Crippen LogP contribution in [0, 0.1) is 0 Å². The quantitative estimate of drug-likeness (QED) is 0.669.